The Labute approximate surface area is 98.6 Å². The van der Waals surface area contributed by atoms with Crippen LogP contribution < -0.4 is 0 Å². The van der Waals surface area contributed by atoms with Gasteiger partial charge in [0.05, 0.1) is 12.7 Å². The summed E-state index contributed by atoms with van der Waals surface area (Å²) in [6, 6.07) is 8.88. The molecule has 2 heteroatoms. The van der Waals surface area contributed by atoms with E-state index < -0.39 is 0 Å². The number of esters is 1. The lowest BCUT2D eigenvalue weighted by molar-refractivity contribution is 0.0601. The fraction of sp³-hybridized carbons (Fsp3) is 0.500. The van der Waals surface area contributed by atoms with Gasteiger partial charge in [-0.25, -0.2) is 4.79 Å². The highest BCUT2D eigenvalue weighted by molar-refractivity contribution is 5.89. The largest absolute Gasteiger partial charge is 0.465 e. The van der Waals surface area contributed by atoms with E-state index in [1.54, 1.807) is 24.3 Å². The summed E-state index contributed by atoms with van der Waals surface area (Å²) >= 11 is 0. The normalized spacial score (nSPS) is 8.94. The number of rotatable bonds is 4. The van der Waals surface area contributed by atoms with Gasteiger partial charge in [0.25, 0.3) is 0 Å². The number of hydrogen-bond acceptors (Lipinski definition) is 2. The summed E-state index contributed by atoms with van der Waals surface area (Å²) in [6.45, 7) is 4.46. The molecule has 0 fully saturated rings. The van der Waals surface area contributed by atoms with Crippen LogP contribution in [0, 0.1) is 0 Å². The molecule has 1 aromatic carbocycles. The molecule has 0 unspecified atom stereocenters. The zero-order valence-corrected chi connectivity index (χ0v) is 10.5. The van der Waals surface area contributed by atoms with E-state index in [0.29, 0.717) is 5.56 Å². The van der Waals surface area contributed by atoms with Gasteiger partial charge < -0.3 is 4.74 Å². The van der Waals surface area contributed by atoms with Crippen LogP contribution in [0.5, 0.6) is 0 Å². The Morgan fingerprint density at radius 3 is 1.94 bits per heavy atom. The second-order valence-corrected chi connectivity index (χ2v) is 3.56. The van der Waals surface area contributed by atoms with Gasteiger partial charge in [0.2, 0.25) is 0 Å². The maximum atomic E-state index is 10.8. The molecule has 0 bridgehead atoms. The molecule has 0 saturated heterocycles. The van der Waals surface area contributed by atoms with E-state index in [-0.39, 0.29) is 5.97 Å². The molecule has 90 valence electrons. The minimum absolute atomic E-state index is 0.291. The van der Waals surface area contributed by atoms with E-state index in [0.717, 1.165) is 0 Å². The predicted octanol–water partition coefficient (Wildman–Crippen LogP) is 4.06. The second-order valence-electron chi connectivity index (χ2n) is 3.56. The van der Waals surface area contributed by atoms with E-state index in [1.807, 2.05) is 6.07 Å². The molecule has 0 aromatic heterocycles. The molecule has 0 heterocycles. The average molecular weight is 222 g/mol. The van der Waals surface area contributed by atoms with Gasteiger partial charge in [0, 0.05) is 0 Å². The fourth-order valence-electron chi connectivity index (χ4n) is 1.19. The van der Waals surface area contributed by atoms with Crippen LogP contribution in [0.1, 0.15) is 49.9 Å². The number of hydrogen-bond donors (Lipinski definition) is 0. The predicted molar refractivity (Wildman–Crippen MR) is 67.6 cm³/mol. The third-order valence-electron chi connectivity index (χ3n) is 2.15. The number of methoxy groups -OCH3 is 1. The quantitative estimate of drug-likeness (QED) is 0.567. The number of ether oxygens (including phenoxy) is 1. The molecule has 0 amide bonds. The zero-order valence-electron chi connectivity index (χ0n) is 10.5. The molecule has 0 atom stereocenters. The summed E-state index contributed by atoms with van der Waals surface area (Å²) in [7, 11) is 1.37. The van der Waals surface area contributed by atoms with Crippen molar-refractivity contribution in [1.29, 1.82) is 0 Å². The lowest BCUT2D eigenvalue weighted by atomic mass is 10.2. The summed E-state index contributed by atoms with van der Waals surface area (Å²) in [5.74, 6) is -0.291. The molecular formula is C14H22O2. The third-order valence-corrected chi connectivity index (χ3v) is 2.15. The minimum Gasteiger partial charge on any atom is -0.465 e. The molecule has 0 aliphatic rings. The molecule has 1 aromatic rings. The van der Waals surface area contributed by atoms with Crippen molar-refractivity contribution >= 4 is 5.97 Å². The van der Waals surface area contributed by atoms with Gasteiger partial charge >= 0.3 is 5.97 Å². The van der Waals surface area contributed by atoms with Crippen LogP contribution in [0.2, 0.25) is 0 Å². The molecule has 0 aliphatic carbocycles. The molecule has 0 N–H and O–H groups in total. The number of unbranched alkanes of at least 4 members (excludes halogenated alkanes) is 3. The lowest BCUT2D eigenvalue weighted by Gasteiger charge is -1.95. The van der Waals surface area contributed by atoms with Crippen molar-refractivity contribution in [3.8, 4) is 0 Å². The van der Waals surface area contributed by atoms with Crippen molar-refractivity contribution < 1.29 is 9.53 Å². The first-order valence-corrected chi connectivity index (χ1v) is 5.89. The number of carbonyl (C=O) groups is 1. The first-order chi connectivity index (χ1) is 7.76. The van der Waals surface area contributed by atoms with Gasteiger partial charge in [0.1, 0.15) is 0 Å². The van der Waals surface area contributed by atoms with Gasteiger partial charge in [0.15, 0.2) is 0 Å². The highest BCUT2D eigenvalue weighted by atomic mass is 16.5. The van der Waals surface area contributed by atoms with Crippen LogP contribution in [0.25, 0.3) is 0 Å². The molecule has 16 heavy (non-hydrogen) atoms. The van der Waals surface area contributed by atoms with Crippen LogP contribution in [-0.4, -0.2) is 13.1 Å². The molecule has 0 radical (unpaired) electrons. The second kappa shape index (κ2) is 10.2. The monoisotopic (exact) mass is 222 g/mol. The van der Waals surface area contributed by atoms with E-state index in [1.165, 1.54) is 32.8 Å². The van der Waals surface area contributed by atoms with Crippen LogP contribution in [-0.2, 0) is 4.74 Å². The standard InChI is InChI=1S/C8H8O2.C6H14/c1-10-8(9)7-5-3-2-4-6-7;1-3-5-6-4-2/h2-6H,1H3;3-6H2,1-2H3. The van der Waals surface area contributed by atoms with Crippen molar-refractivity contribution in [2.24, 2.45) is 0 Å². The molecular weight excluding hydrogens is 200 g/mol. The van der Waals surface area contributed by atoms with E-state index >= 15 is 0 Å². The van der Waals surface area contributed by atoms with Crippen LogP contribution in [0.3, 0.4) is 0 Å². The smallest absolute Gasteiger partial charge is 0.337 e. The van der Waals surface area contributed by atoms with Crippen LogP contribution in [0.4, 0.5) is 0 Å². The van der Waals surface area contributed by atoms with Crippen molar-refractivity contribution in [2.45, 2.75) is 39.5 Å². The lowest BCUT2D eigenvalue weighted by Crippen LogP contribution is -1.99. The Morgan fingerprint density at radius 2 is 1.56 bits per heavy atom. The minimum atomic E-state index is -0.291. The zero-order chi connectivity index (χ0) is 12.2. The van der Waals surface area contributed by atoms with Crippen molar-refractivity contribution in [2.75, 3.05) is 7.11 Å². The number of benzene rings is 1. The summed E-state index contributed by atoms with van der Waals surface area (Å²) < 4.78 is 4.50. The molecule has 0 aliphatic heterocycles. The van der Waals surface area contributed by atoms with E-state index in [4.69, 9.17) is 0 Å². The molecule has 1 rings (SSSR count). The third kappa shape index (κ3) is 7.04. The van der Waals surface area contributed by atoms with Gasteiger partial charge in [-0.1, -0.05) is 57.7 Å². The number of carbonyl (C=O) groups excluding carboxylic acids is 1. The Morgan fingerprint density at radius 1 is 1.06 bits per heavy atom. The Balaban J connectivity index is 0.000000325. The van der Waals surface area contributed by atoms with Gasteiger partial charge in [-0.05, 0) is 12.1 Å². The topological polar surface area (TPSA) is 26.3 Å². The summed E-state index contributed by atoms with van der Waals surface area (Å²) in [6.07, 6.45) is 5.54. The first-order valence-electron chi connectivity index (χ1n) is 5.89. The summed E-state index contributed by atoms with van der Waals surface area (Å²) in [5.41, 5.74) is 0.588. The molecule has 0 saturated carbocycles. The van der Waals surface area contributed by atoms with Gasteiger partial charge in [-0.15, -0.1) is 0 Å². The molecule has 0 spiro atoms. The summed E-state index contributed by atoms with van der Waals surface area (Å²) in [4.78, 5) is 10.8. The van der Waals surface area contributed by atoms with E-state index in [2.05, 4.69) is 18.6 Å². The summed E-state index contributed by atoms with van der Waals surface area (Å²) in [5, 5.41) is 0. The average Bonchev–Trinajstić information content (AvgIpc) is 2.37. The fourth-order valence-corrected chi connectivity index (χ4v) is 1.19. The van der Waals surface area contributed by atoms with Crippen LogP contribution >= 0.6 is 0 Å². The van der Waals surface area contributed by atoms with Crippen molar-refractivity contribution in [3.63, 3.8) is 0 Å². The molecule has 2 nitrogen and oxygen atoms in total. The Kier molecular flexibility index (Phi) is 9.38. The van der Waals surface area contributed by atoms with Crippen LogP contribution in [0.15, 0.2) is 30.3 Å². The first kappa shape index (κ1) is 14.7. The van der Waals surface area contributed by atoms with Gasteiger partial charge in [-0.2, -0.15) is 0 Å². The maximum Gasteiger partial charge on any atom is 0.337 e. The maximum absolute atomic E-state index is 10.8. The van der Waals surface area contributed by atoms with Crippen molar-refractivity contribution in [3.05, 3.63) is 35.9 Å². The highest BCUT2D eigenvalue weighted by Gasteiger charge is 2.00. The van der Waals surface area contributed by atoms with Crippen molar-refractivity contribution in [1.82, 2.24) is 0 Å². The Bertz CT molecular complexity index is 263. The SMILES string of the molecule is CCCCCC.COC(=O)c1ccccc1. The Hall–Kier alpha value is -1.31. The van der Waals surface area contributed by atoms with E-state index in [9.17, 15) is 4.79 Å². The highest BCUT2D eigenvalue weighted by Crippen LogP contribution is 1.98. The van der Waals surface area contributed by atoms with Gasteiger partial charge in [-0.3, -0.25) is 0 Å².